The van der Waals surface area contributed by atoms with E-state index in [2.05, 4.69) is 5.32 Å². The average molecular weight is 294 g/mol. The van der Waals surface area contributed by atoms with E-state index in [1.807, 2.05) is 18.2 Å². The maximum Gasteiger partial charge on any atom is 0.243 e. The summed E-state index contributed by atoms with van der Waals surface area (Å²) in [6.45, 7) is 1.97. The van der Waals surface area contributed by atoms with Gasteiger partial charge in [-0.2, -0.15) is 4.31 Å². The molecule has 1 N–H and O–H groups in total. The van der Waals surface area contributed by atoms with Crippen LogP contribution in [0.2, 0.25) is 0 Å². The second kappa shape index (κ2) is 5.84. The Labute approximate surface area is 121 Å². The summed E-state index contributed by atoms with van der Waals surface area (Å²) in [6.07, 6.45) is 5.50. The summed E-state index contributed by atoms with van der Waals surface area (Å²) in [5.74, 6) is 0. The Balaban J connectivity index is 1.83. The first-order valence-corrected chi connectivity index (χ1v) is 8.93. The molecule has 0 unspecified atom stereocenters. The lowest BCUT2D eigenvalue weighted by Crippen LogP contribution is -2.36. The predicted octanol–water partition coefficient (Wildman–Crippen LogP) is 2.11. The minimum Gasteiger partial charge on any atom is -0.310 e. The third-order valence-corrected chi connectivity index (χ3v) is 6.06. The summed E-state index contributed by atoms with van der Waals surface area (Å²) in [7, 11) is -3.33. The van der Waals surface area contributed by atoms with Crippen molar-refractivity contribution in [1.29, 1.82) is 0 Å². The molecule has 1 aromatic rings. The molecule has 1 aromatic carbocycles. The minimum atomic E-state index is -3.33. The van der Waals surface area contributed by atoms with E-state index in [1.165, 1.54) is 12.8 Å². The molecule has 5 heteroatoms. The van der Waals surface area contributed by atoms with E-state index < -0.39 is 10.0 Å². The highest BCUT2D eigenvalue weighted by atomic mass is 32.2. The minimum absolute atomic E-state index is 0.482. The normalized spacial score (nSPS) is 21.0. The maximum absolute atomic E-state index is 12.8. The molecule has 110 valence electrons. The molecule has 0 amide bonds. The Morgan fingerprint density at radius 3 is 2.50 bits per heavy atom. The van der Waals surface area contributed by atoms with Gasteiger partial charge in [-0.25, -0.2) is 8.42 Å². The van der Waals surface area contributed by atoms with Crippen LogP contribution in [0, 0.1) is 0 Å². The lowest BCUT2D eigenvalue weighted by Gasteiger charge is -2.26. The van der Waals surface area contributed by atoms with Crippen molar-refractivity contribution in [2.24, 2.45) is 0 Å². The fourth-order valence-electron chi connectivity index (χ4n) is 2.69. The molecule has 0 spiro atoms. The molecule has 1 saturated heterocycles. The highest BCUT2D eigenvalue weighted by molar-refractivity contribution is 7.89. The summed E-state index contributed by atoms with van der Waals surface area (Å²) in [5, 5.41) is 3.41. The number of sulfonamides is 1. The van der Waals surface area contributed by atoms with Crippen molar-refractivity contribution in [3.63, 3.8) is 0 Å². The van der Waals surface area contributed by atoms with Crippen molar-refractivity contribution in [3.8, 4) is 0 Å². The zero-order valence-electron chi connectivity index (χ0n) is 11.7. The molecule has 0 radical (unpaired) electrons. The fraction of sp³-hybridized carbons (Fsp3) is 0.600. The molecule has 2 fully saturated rings. The summed E-state index contributed by atoms with van der Waals surface area (Å²) in [6, 6.07) is 7.98. The predicted molar refractivity (Wildman–Crippen MR) is 78.9 cm³/mol. The molecule has 3 rings (SSSR count). The van der Waals surface area contributed by atoms with E-state index in [0.717, 1.165) is 24.8 Å². The SMILES string of the molecule is O=S(=O)(c1ccccc1CNC1CC1)N1CCCCC1. The molecule has 0 atom stereocenters. The smallest absolute Gasteiger partial charge is 0.243 e. The monoisotopic (exact) mass is 294 g/mol. The Morgan fingerprint density at radius 2 is 1.80 bits per heavy atom. The second-order valence-corrected chi connectivity index (χ2v) is 7.63. The molecular formula is C15H22N2O2S. The van der Waals surface area contributed by atoms with Crippen LogP contribution in [0.15, 0.2) is 29.2 Å². The van der Waals surface area contributed by atoms with Crippen LogP contribution in [0.3, 0.4) is 0 Å². The molecule has 1 saturated carbocycles. The summed E-state index contributed by atoms with van der Waals surface area (Å²) in [5.41, 5.74) is 0.893. The van der Waals surface area contributed by atoms with Crippen LogP contribution in [0.25, 0.3) is 0 Å². The van der Waals surface area contributed by atoms with E-state index in [-0.39, 0.29) is 0 Å². The van der Waals surface area contributed by atoms with E-state index in [9.17, 15) is 8.42 Å². The molecule has 1 aliphatic heterocycles. The van der Waals surface area contributed by atoms with Gasteiger partial charge in [0.2, 0.25) is 10.0 Å². The first-order chi connectivity index (χ1) is 9.68. The Bertz CT molecular complexity index is 561. The summed E-state index contributed by atoms with van der Waals surface area (Å²) in [4.78, 5) is 0.482. The lowest BCUT2D eigenvalue weighted by atomic mass is 10.2. The third kappa shape index (κ3) is 3.05. The second-order valence-electron chi connectivity index (χ2n) is 5.73. The van der Waals surface area contributed by atoms with E-state index in [4.69, 9.17) is 0 Å². The first kappa shape index (κ1) is 14.0. The standard InChI is InChI=1S/C15H22N2O2S/c18-20(19,17-10-4-1-5-11-17)15-7-3-2-6-13(15)12-16-14-8-9-14/h2-3,6-7,14,16H,1,4-5,8-12H2. The van der Waals surface area contributed by atoms with E-state index >= 15 is 0 Å². The number of hydrogen-bond acceptors (Lipinski definition) is 3. The average Bonchev–Trinajstić information content (AvgIpc) is 3.30. The molecule has 1 heterocycles. The van der Waals surface area contributed by atoms with Crippen LogP contribution in [-0.4, -0.2) is 31.9 Å². The van der Waals surface area contributed by atoms with Crippen LogP contribution in [0.1, 0.15) is 37.7 Å². The maximum atomic E-state index is 12.8. The lowest BCUT2D eigenvalue weighted by molar-refractivity contribution is 0.346. The van der Waals surface area contributed by atoms with Gasteiger partial charge in [0, 0.05) is 25.7 Å². The molecular weight excluding hydrogens is 272 g/mol. The van der Waals surface area contributed by atoms with Gasteiger partial charge in [-0.1, -0.05) is 24.6 Å². The molecule has 1 aliphatic carbocycles. The van der Waals surface area contributed by atoms with E-state index in [0.29, 0.717) is 30.6 Å². The van der Waals surface area contributed by atoms with Gasteiger partial charge >= 0.3 is 0 Å². The van der Waals surface area contributed by atoms with E-state index in [1.54, 1.807) is 10.4 Å². The van der Waals surface area contributed by atoms with Crippen LogP contribution in [-0.2, 0) is 16.6 Å². The number of benzene rings is 1. The van der Waals surface area contributed by atoms with Crippen LogP contribution in [0.5, 0.6) is 0 Å². The van der Waals surface area contributed by atoms with Crippen molar-refractivity contribution >= 4 is 10.0 Å². The van der Waals surface area contributed by atoms with Gasteiger partial charge in [0.25, 0.3) is 0 Å². The van der Waals surface area contributed by atoms with Crippen LogP contribution in [0.4, 0.5) is 0 Å². The van der Waals surface area contributed by atoms with Crippen molar-refractivity contribution in [2.75, 3.05) is 13.1 Å². The highest BCUT2D eigenvalue weighted by Crippen LogP contribution is 2.25. The Kier molecular flexibility index (Phi) is 4.10. The first-order valence-electron chi connectivity index (χ1n) is 7.49. The Morgan fingerprint density at radius 1 is 1.10 bits per heavy atom. The summed E-state index contributed by atoms with van der Waals surface area (Å²) < 4.78 is 27.2. The van der Waals surface area contributed by atoms with Gasteiger partial charge in [0.05, 0.1) is 4.90 Å². The van der Waals surface area contributed by atoms with Gasteiger partial charge in [-0.05, 0) is 37.3 Å². The van der Waals surface area contributed by atoms with Gasteiger partial charge in [0.1, 0.15) is 0 Å². The van der Waals surface area contributed by atoms with Crippen molar-refractivity contribution < 1.29 is 8.42 Å². The van der Waals surface area contributed by atoms with Crippen LogP contribution >= 0.6 is 0 Å². The van der Waals surface area contributed by atoms with Gasteiger partial charge in [-0.15, -0.1) is 0 Å². The van der Waals surface area contributed by atoms with Crippen molar-refractivity contribution in [3.05, 3.63) is 29.8 Å². The molecule has 0 aromatic heterocycles. The number of piperidine rings is 1. The zero-order valence-corrected chi connectivity index (χ0v) is 12.5. The number of nitrogens with one attached hydrogen (secondary N) is 1. The van der Waals surface area contributed by atoms with Crippen LogP contribution < -0.4 is 5.32 Å². The molecule has 2 aliphatic rings. The van der Waals surface area contributed by atoms with Gasteiger partial charge in [-0.3, -0.25) is 0 Å². The molecule has 4 nitrogen and oxygen atoms in total. The van der Waals surface area contributed by atoms with Crippen molar-refractivity contribution in [2.45, 2.75) is 49.6 Å². The highest BCUT2D eigenvalue weighted by Gasteiger charge is 2.28. The largest absolute Gasteiger partial charge is 0.310 e. The number of nitrogens with zero attached hydrogens (tertiary/aromatic N) is 1. The quantitative estimate of drug-likeness (QED) is 0.905. The van der Waals surface area contributed by atoms with Gasteiger partial charge in [0.15, 0.2) is 0 Å². The molecule has 0 bridgehead atoms. The summed E-state index contributed by atoms with van der Waals surface area (Å²) >= 11 is 0. The topological polar surface area (TPSA) is 49.4 Å². The van der Waals surface area contributed by atoms with Gasteiger partial charge < -0.3 is 5.32 Å². The molecule has 20 heavy (non-hydrogen) atoms. The fourth-order valence-corrected chi connectivity index (χ4v) is 4.43. The zero-order chi connectivity index (χ0) is 14.0. The Hall–Kier alpha value is -0.910. The number of hydrogen-bond donors (Lipinski definition) is 1. The third-order valence-electron chi connectivity index (χ3n) is 4.06. The number of rotatable bonds is 5. The van der Waals surface area contributed by atoms with Crippen molar-refractivity contribution in [1.82, 2.24) is 9.62 Å².